The molecule has 2 rings (SSSR count). The van der Waals surface area contributed by atoms with Crippen LogP contribution in [0.4, 0.5) is 11.4 Å². The summed E-state index contributed by atoms with van der Waals surface area (Å²) < 4.78 is 0. The summed E-state index contributed by atoms with van der Waals surface area (Å²) >= 11 is 0. The van der Waals surface area contributed by atoms with Crippen molar-refractivity contribution in [3.8, 4) is 0 Å². The number of aryl methyl sites for hydroxylation is 1. The monoisotopic (exact) mass is 234 g/mol. The van der Waals surface area contributed by atoms with Crippen molar-refractivity contribution in [3.05, 3.63) is 33.9 Å². The fraction of sp³-hybridized carbons (Fsp3) is 0.417. The van der Waals surface area contributed by atoms with Gasteiger partial charge in [0.05, 0.1) is 4.92 Å². The Kier molecular flexibility index (Phi) is 2.83. The average molecular weight is 234 g/mol. The number of hydrogen-bond donors (Lipinski definition) is 0. The molecule has 0 N–H and O–H groups in total. The van der Waals surface area contributed by atoms with E-state index < -0.39 is 4.92 Å². The van der Waals surface area contributed by atoms with Crippen LogP contribution in [-0.4, -0.2) is 16.9 Å². The molecule has 0 saturated carbocycles. The SMILES string of the molecule is CC(C)N1C(=O)CCc2cccc([N+](=O)[O-])c21. The number of anilines is 1. The number of hydrogen-bond acceptors (Lipinski definition) is 3. The lowest BCUT2D eigenvalue weighted by Crippen LogP contribution is -2.40. The van der Waals surface area contributed by atoms with E-state index >= 15 is 0 Å². The van der Waals surface area contributed by atoms with Gasteiger partial charge < -0.3 is 4.90 Å². The van der Waals surface area contributed by atoms with Gasteiger partial charge in [0.25, 0.3) is 5.69 Å². The second-order valence-electron chi connectivity index (χ2n) is 4.40. The molecule has 1 heterocycles. The first-order valence-electron chi connectivity index (χ1n) is 5.60. The topological polar surface area (TPSA) is 63.5 Å². The number of benzene rings is 1. The molecule has 0 atom stereocenters. The van der Waals surface area contributed by atoms with Crippen molar-refractivity contribution in [1.82, 2.24) is 0 Å². The number of nitro benzene ring substituents is 1. The van der Waals surface area contributed by atoms with Crippen LogP contribution in [0.1, 0.15) is 25.8 Å². The maximum Gasteiger partial charge on any atom is 0.293 e. The summed E-state index contributed by atoms with van der Waals surface area (Å²) in [4.78, 5) is 24.0. The zero-order valence-electron chi connectivity index (χ0n) is 9.84. The Balaban J connectivity index is 2.63. The van der Waals surface area contributed by atoms with Crippen molar-refractivity contribution in [1.29, 1.82) is 0 Å². The second-order valence-corrected chi connectivity index (χ2v) is 4.40. The Bertz CT molecular complexity index is 483. The van der Waals surface area contributed by atoms with Gasteiger partial charge in [-0.1, -0.05) is 12.1 Å². The van der Waals surface area contributed by atoms with Crippen LogP contribution in [0.25, 0.3) is 0 Å². The molecule has 0 radical (unpaired) electrons. The van der Waals surface area contributed by atoms with E-state index in [1.54, 1.807) is 6.07 Å². The van der Waals surface area contributed by atoms with Gasteiger partial charge in [-0.05, 0) is 25.8 Å². The van der Waals surface area contributed by atoms with Crippen molar-refractivity contribution >= 4 is 17.3 Å². The zero-order valence-corrected chi connectivity index (χ0v) is 9.84. The van der Waals surface area contributed by atoms with Crippen molar-refractivity contribution in [3.63, 3.8) is 0 Å². The lowest BCUT2D eigenvalue weighted by atomic mass is 9.98. The van der Waals surface area contributed by atoms with Crippen LogP contribution in [0.5, 0.6) is 0 Å². The van der Waals surface area contributed by atoms with Gasteiger partial charge in [-0.25, -0.2) is 0 Å². The van der Waals surface area contributed by atoms with E-state index in [-0.39, 0.29) is 17.6 Å². The van der Waals surface area contributed by atoms with Gasteiger partial charge in [-0.15, -0.1) is 0 Å². The molecule has 0 fully saturated rings. The number of rotatable bonds is 2. The summed E-state index contributed by atoms with van der Waals surface area (Å²) in [7, 11) is 0. The molecule has 1 aromatic carbocycles. The van der Waals surface area contributed by atoms with E-state index in [9.17, 15) is 14.9 Å². The van der Waals surface area contributed by atoms with Crippen molar-refractivity contribution in [2.45, 2.75) is 32.7 Å². The predicted molar refractivity (Wildman–Crippen MR) is 64.0 cm³/mol. The minimum absolute atomic E-state index is 0.0178. The molecule has 90 valence electrons. The van der Waals surface area contributed by atoms with Gasteiger partial charge in [0.1, 0.15) is 5.69 Å². The lowest BCUT2D eigenvalue weighted by molar-refractivity contribution is -0.384. The van der Waals surface area contributed by atoms with Gasteiger partial charge in [0.2, 0.25) is 5.91 Å². The molecule has 17 heavy (non-hydrogen) atoms. The third-order valence-electron chi connectivity index (χ3n) is 2.93. The molecular weight excluding hydrogens is 220 g/mol. The van der Waals surface area contributed by atoms with Crippen LogP contribution in [-0.2, 0) is 11.2 Å². The minimum Gasteiger partial charge on any atom is -0.304 e. The highest BCUT2D eigenvalue weighted by Gasteiger charge is 2.32. The second kappa shape index (κ2) is 4.16. The standard InChI is InChI=1S/C12H14N2O3/c1-8(2)13-11(15)7-6-9-4-3-5-10(12(9)13)14(16)17/h3-5,8H,6-7H2,1-2H3. The highest BCUT2D eigenvalue weighted by Crippen LogP contribution is 2.37. The van der Waals surface area contributed by atoms with E-state index in [4.69, 9.17) is 0 Å². The van der Waals surface area contributed by atoms with Gasteiger partial charge >= 0.3 is 0 Å². The molecule has 5 nitrogen and oxygen atoms in total. The van der Waals surface area contributed by atoms with Crippen LogP contribution < -0.4 is 4.90 Å². The predicted octanol–water partition coefficient (Wildman–Crippen LogP) is 2.28. The van der Waals surface area contributed by atoms with Crippen LogP contribution >= 0.6 is 0 Å². The molecule has 1 aromatic rings. The molecule has 0 aliphatic carbocycles. The average Bonchev–Trinajstić information content (AvgIpc) is 2.27. The Morgan fingerprint density at radius 1 is 1.35 bits per heavy atom. The first-order valence-corrected chi connectivity index (χ1v) is 5.60. The largest absolute Gasteiger partial charge is 0.304 e. The third-order valence-corrected chi connectivity index (χ3v) is 2.93. The number of nitro groups is 1. The Labute approximate surface area is 99.2 Å². The van der Waals surface area contributed by atoms with Gasteiger partial charge in [0, 0.05) is 18.5 Å². The summed E-state index contributed by atoms with van der Waals surface area (Å²) in [5.74, 6) is -0.0400. The highest BCUT2D eigenvalue weighted by molar-refractivity contribution is 5.99. The molecular formula is C12H14N2O3. The Morgan fingerprint density at radius 3 is 2.65 bits per heavy atom. The lowest BCUT2D eigenvalue weighted by Gasteiger charge is -2.32. The number of amides is 1. The molecule has 0 unspecified atom stereocenters. The molecule has 5 heteroatoms. The fourth-order valence-corrected chi connectivity index (χ4v) is 2.24. The van der Waals surface area contributed by atoms with E-state index in [0.717, 1.165) is 5.56 Å². The summed E-state index contributed by atoms with van der Waals surface area (Å²) in [6, 6.07) is 4.91. The zero-order chi connectivity index (χ0) is 12.6. The maximum absolute atomic E-state index is 11.9. The van der Waals surface area contributed by atoms with Crippen molar-refractivity contribution in [2.75, 3.05) is 4.90 Å². The normalized spacial score (nSPS) is 15.0. The number of para-hydroxylation sites is 1. The van der Waals surface area contributed by atoms with Crippen LogP contribution in [0, 0.1) is 10.1 Å². The van der Waals surface area contributed by atoms with E-state index in [2.05, 4.69) is 0 Å². The molecule has 0 saturated heterocycles. The smallest absolute Gasteiger partial charge is 0.293 e. The highest BCUT2D eigenvalue weighted by atomic mass is 16.6. The van der Waals surface area contributed by atoms with Crippen LogP contribution in [0.3, 0.4) is 0 Å². The summed E-state index contributed by atoms with van der Waals surface area (Å²) in [5.41, 5.74) is 1.38. The van der Waals surface area contributed by atoms with Crippen molar-refractivity contribution < 1.29 is 9.72 Å². The van der Waals surface area contributed by atoms with E-state index in [0.29, 0.717) is 18.5 Å². The molecule has 0 bridgehead atoms. The first kappa shape index (κ1) is 11.6. The van der Waals surface area contributed by atoms with E-state index in [1.165, 1.54) is 11.0 Å². The molecule has 1 aliphatic heterocycles. The fourth-order valence-electron chi connectivity index (χ4n) is 2.24. The van der Waals surface area contributed by atoms with E-state index in [1.807, 2.05) is 19.9 Å². The maximum atomic E-state index is 11.9. The number of fused-ring (bicyclic) bond motifs is 1. The summed E-state index contributed by atoms with van der Waals surface area (Å²) in [6.07, 6.45) is 1.01. The summed E-state index contributed by atoms with van der Waals surface area (Å²) in [5, 5.41) is 11.0. The summed E-state index contributed by atoms with van der Waals surface area (Å²) in [6.45, 7) is 3.73. The Morgan fingerprint density at radius 2 is 2.06 bits per heavy atom. The number of nitrogens with zero attached hydrogens (tertiary/aromatic N) is 2. The van der Waals surface area contributed by atoms with Gasteiger partial charge in [-0.3, -0.25) is 14.9 Å². The molecule has 1 aliphatic rings. The quantitative estimate of drug-likeness (QED) is 0.582. The number of carbonyl (C=O) groups excluding carboxylic acids is 1. The first-order chi connectivity index (χ1) is 8.02. The molecule has 0 aromatic heterocycles. The minimum atomic E-state index is -0.424. The molecule has 1 amide bonds. The van der Waals surface area contributed by atoms with Gasteiger partial charge in [0.15, 0.2) is 0 Å². The van der Waals surface area contributed by atoms with Crippen LogP contribution in [0.2, 0.25) is 0 Å². The number of carbonyl (C=O) groups is 1. The molecule has 0 spiro atoms. The third kappa shape index (κ3) is 1.88. The van der Waals surface area contributed by atoms with Gasteiger partial charge in [-0.2, -0.15) is 0 Å². The van der Waals surface area contributed by atoms with Crippen LogP contribution in [0.15, 0.2) is 18.2 Å². The Hall–Kier alpha value is -1.91. The van der Waals surface area contributed by atoms with Crippen molar-refractivity contribution in [2.24, 2.45) is 0 Å².